The maximum Gasteiger partial charge on any atom is 0.446 e. The second kappa shape index (κ2) is 8.52. The molecular formula is C16H12F6N2O2S2. The Labute approximate surface area is 163 Å². The molecule has 2 N–H and O–H groups in total. The lowest BCUT2D eigenvalue weighted by molar-refractivity contribution is -0.138. The molecule has 0 saturated carbocycles. The normalized spacial score (nSPS) is 12.1. The number of pyridine rings is 1. The van der Waals surface area contributed by atoms with Crippen LogP contribution < -0.4 is 5.32 Å². The van der Waals surface area contributed by atoms with E-state index in [0.717, 1.165) is 36.0 Å². The standard InChI is InChI=1S/C16H12F6N2O2S2/c1-2-27-12-5-8(15(17,18)19)7-23-13(12)14(26)24-10-6-9(3-4-11(10)25)28-16(20,21)22/h3-7,25H,2H2,1H3,(H,24,26). The van der Waals surface area contributed by atoms with Crippen LogP contribution in [0.2, 0.25) is 0 Å². The number of anilines is 1. The van der Waals surface area contributed by atoms with Crippen molar-refractivity contribution in [2.75, 3.05) is 11.1 Å². The third-order valence-corrected chi connectivity index (χ3v) is 4.78. The summed E-state index contributed by atoms with van der Waals surface area (Å²) in [5, 5.41) is 12.0. The van der Waals surface area contributed by atoms with Crippen molar-refractivity contribution in [3.63, 3.8) is 0 Å². The van der Waals surface area contributed by atoms with Crippen molar-refractivity contribution < 1.29 is 36.2 Å². The van der Waals surface area contributed by atoms with Gasteiger partial charge >= 0.3 is 11.7 Å². The van der Waals surface area contributed by atoms with Crippen molar-refractivity contribution in [1.29, 1.82) is 0 Å². The second-order valence-corrected chi connectivity index (χ2v) is 7.63. The number of carbonyl (C=O) groups is 1. The molecule has 0 saturated heterocycles. The van der Waals surface area contributed by atoms with Crippen LogP contribution in [0.5, 0.6) is 5.75 Å². The van der Waals surface area contributed by atoms with Gasteiger partial charge in [-0.05, 0) is 41.8 Å². The molecule has 2 aromatic rings. The summed E-state index contributed by atoms with van der Waals surface area (Å²) >= 11 is 0.503. The summed E-state index contributed by atoms with van der Waals surface area (Å²) in [6.45, 7) is 1.66. The van der Waals surface area contributed by atoms with E-state index in [1.807, 2.05) is 0 Å². The Morgan fingerprint density at radius 3 is 2.43 bits per heavy atom. The van der Waals surface area contributed by atoms with Gasteiger partial charge in [-0.2, -0.15) is 26.3 Å². The molecule has 1 aromatic carbocycles. The van der Waals surface area contributed by atoms with Gasteiger partial charge in [-0.1, -0.05) is 6.92 Å². The van der Waals surface area contributed by atoms with Gasteiger partial charge in [-0.25, -0.2) is 4.98 Å². The van der Waals surface area contributed by atoms with E-state index < -0.39 is 40.7 Å². The number of amides is 1. The molecule has 0 aliphatic carbocycles. The van der Waals surface area contributed by atoms with E-state index >= 15 is 0 Å². The molecule has 2 rings (SSSR count). The fourth-order valence-electron chi connectivity index (χ4n) is 2.03. The van der Waals surface area contributed by atoms with Gasteiger partial charge in [0.2, 0.25) is 0 Å². The van der Waals surface area contributed by atoms with Gasteiger partial charge in [0, 0.05) is 16.0 Å². The highest BCUT2D eigenvalue weighted by Crippen LogP contribution is 2.40. The third-order valence-electron chi connectivity index (χ3n) is 3.14. The van der Waals surface area contributed by atoms with Crippen LogP contribution in [0.4, 0.5) is 32.0 Å². The number of benzene rings is 1. The molecule has 1 amide bonds. The number of nitrogens with one attached hydrogen (secondary N) is 1. The number of phenolic OH excluding ortho intramolecular Hbond substituents is 1. The van der Waals surface area contributed by atoms with Crippen molar-refractivity contribution in [2.24, 2.45) is 0 Å². The average molecular weight is 442 g/mol. The van der Waals surface area contributed by atoms with E-state index in [-0.39, 0.29) is 21.2 Å². The molecule has 1 aromatic heterocycles. The number of aromatic nitrogens is 1. The van der Waals surface area contributed by atoms with Crippen LogP contribution >= 0.6 is 23.5 Å². The first-order valence-electron chi connectivity index (χ1n) is 7.51. The highest BCUT2D eigenvalue weighted by atomic mass is 32.2. The van der Waals surface area contributed by atoms with E-state index in [4.69, 9.17) is 0 Å². The number of thioether (sulfide) groups is 2. The predicted octanol–water partition coefficient (Wildman–Crippen LogP) is 5.78. The third kappa shape index (κ3) is 5.96. The van der Waals surface area contributed by atoms with E-state index in [0.29, 0.717) is 11.9 Å². The molecule has 152 valence electrons. The number of hydrogen-bond acceptors (Lipinski definition) is 5. The fourth-order valence-corrected chi connectivity index (χ4v) is 3.41. The Hall–Kier alpha value is -2.08. The first-order valence-corrected chi connectivity index (χ1v) is 9.31. The van der Waals surface area contributed by atoms with Crippen molar-refractivity contribution >= 4 is 35.1 Å². The van der Waals surface area contributed by atoms with Crippen molar-refractivity contribution in [1.82, 2.24) is 4.98 Å². The quantitative estimate of drug-likeness (QED) is 0.349. The number of aromatic hydroxyl groups is 1. The number of hydrogen-bond donors (Lipinski definition) is 2. The number of nitrogens with zero attached hydrogens (tertiary/aromatic N) is 1. The molecule has 0 aliphatic heterocycles. The molecule has 0 spiro atoms. The maximum atomic E-state index is 12.8. The largest absolute Gasteiger partial charge is 0.506 e. The number of carbonyl (C=O) groups excluding carboxylic acids is 1. The number of rotatable bonds is 5. The molecular weight excluding hydrogens is 430 g/mol. The number of halogens is 6. The molecule has 28 heavy (non-hydrogen) atoms. The van der Waals surface area contributed by atoms with Crippen LogP contribution in [0.25, 0.3) is 0 Å². The molecule has 0 aliphatic rings. The van der Waals surface area contributed by atoms with Gasteiger partial charge in [-0.15, -0.1) is 11.8 Å². The summed E-state index contributed by atoms with van der Waals surface area (Å²) in [5.74, 6) is -1.11. The molecule has 0 atom stereocenters. The lowest BCUT2D eigenvalue weighted by atomic mass is 10.2. The zero-order valence-corrected chi connectivity index (χ0v) is 15.6. The monoisotopic (exact) mass is 442 g/mol. The van der Waals surface area contributed by atoms with Crippen molar-refractivity contribution in [3.8, 4) is 5.75 Å². The molecule has 0 radical (unpaired) electrons. The van der Waals surface area contributed by atoms with Crippen molar-refractivity contribution in [3.05, 3.63) is 41.7 Å². The lowest BCUT2D eigenvalue weighted by Gasteiger charge is -2.13. The molecule has 12 heteroatoms. The minimum Gasteiger partial charge on any atom is -0.506 e. The second-order valence-electron chi connectivity index (χ2n) is 5.18. The predicted molar refractivity (Wildman–Crippen MR) is 93.6 cm³/mol. The van der Waals surface area contributed by atoms with Crippen LogP contribution in [-0.2, 0) is 6.18 Å². The minimum absolute atomic E-state index is 0.0462. The minimum atomic E-state index is -4.65. The van der Waals surface area contributed by atoms with Crippen LogP contribution in [0.15, 0.2) is 40.3 Å². The average Bonchev–Trinajstić information content (AvgIpc) is 2.56. The first-order chi connectivity index (χ1) is 12.9. The van der Waals surface area contributed by atoms with Gasteiger partial charge in [0.25, 0.3) is 5.91 Å². The van der Waals surface area contributed by atoms with Gasteiger partial charge < -0.3 is 10.4 Å². The molecule has 4 nitrogen and oxygen atoms in total. The summed E-state index contributed by atoms with van der Waals surface area (Å²) in [7, 11) is 0. The van der Waals surface area contributed by atoms with E-state index in [1.165, 1.54) is 0 Å². The highest BCUT2D eigenvalue weighted by Gasteiger charge is 2.33. The Morgan fingerprint density at radius 2 is 1.86 bits per heavy atom. The van der Waals surface area contributed by atoms with Gasteiger partial charge in [0.05, 0.1) is 11.3 Å². The van der Waals surface area contributed by atoms with Gasteiger partial charge in [-0.3, -0.25) is 4.79 Å². The molecule has 0 unspecified atom stereocenters. The topological polar surface area (TPSA) is 62.2 Å². The Kier molecular flexibility index (Phi) is 6.75. The molecule has 0 fully saturated rings. The van der Waals surface area contributed by atoms with Crippen LogP contribution in [0.3, 0.4) is 0 Å². The fraction of sp³-hybridized carbons (Fsp3) is 0.250. The highest BCUT2D eigenvalue weighted by molar-refractivity contribution is 8.00. The van der Waals surface area contributed by atoms with Crippen LogP contribution in [-0.4, -0.2) is 27.3 Å². The summed E-state index contributed by atoms with van der Waals surface area (Å²) in [5.41, 5.74) is -6.27. The first kappa shape index (κ1) is 22.2. The van der Waals surface area contributed by atoms with E-state index in [1.54, 1.807) is 6.92 Å². The van der Waals surface area contributed by atoms with E-state index in [2.05, 4.69) is 10.3 Å². The Morgan fingerprint density at radius 1 is 1.18 bits per heavy atom. The van der Waals surface area contributed by atoms with Gasteiger partial charge in [0.1, 0.15) is 11.4 Å². The Bertz CT molecular complexity index is 871. The van der Waals surface area contributed by atoms with Crippen LogP contribution in [0, 0.1) is 0 Å². The Balaban J connectivity index is 2.33. The summed E-state index contributed by atoms with van der Waals surface area (Å²) in [6, 6.07) is 3.65. The zero-order valence-electron chi connectivity index (χ0n) is 14.0. The summed E-state index contributed by atoms with van der Waals surface area (Å²) in [4.78, 5) is 15.6. The summed E-state index contributed by atoms with van der Waals surface area (Å²) in [6.07, 6.45) is -4.16. The lowest BCUT2D eigenvalue weighted by Crippen LogP contribution is -2.17. The zero-order chi connectivity index (χ0) is 21.1. The maximum absolute atomic E-state index is 12.8. The van der Waals surface area contributed by atoms with Crippen molar-refractivity contribution in [2.45, 2.75) is 28.4 Å². The summed E-state index contributed by atoms with van der Waals surface area (Å²) < 4.78 is 76.0. The molecule has 1 heterocycles. The van der Waals surface area contributed by atoms with E-state index in [9.17, 15) is 36.2 Å². The molecule has 0 bridgehead atoms. The smallest absolute Gasteiger partial charge is 0.446 e. The number of phenols is 1. The van der Waals surface area contributed by atoms with Crippen LogP contribution in [0.1, 0.15) is 23.0 Å². The SMILES string of the molecule is CCSc1cc(C(F)(F)F)cnc1C(=O)Nc1cc(SC(F)(F)F)ccc1O. The van der Waals surface area contributed by atoms with Gasteiger partial charge in [0.15, 0.2) is 0 Å². The number of alkyl halides is 6.